The summed E-state index contributed by atoms with van der Waals surface area (Å²) in [5, 5.41) is 3.55. The second-order valence-electron chi connectivity index (χ2n) is 4.43. The van der Waals surface area contributed by atoms with Gasteiger partial charge in [-0.3, -0.25) is 0 Å². The standard InChI is InChI=1S/C13H19N/c1-10-5-6-12(11(2)8-10)9-13-4-3-7-14-13/h5-6,8,13-14H,3-4,7,9H2,1-2H3/t13-/m0/s1. The van der Waals surface area contributed by atoms with Crippen LogP contribution in [-0.2, 0) is 6.42 Å². The van der Waals surface area contributed by atoms with Crippen LogP contribution in [0.5, 0.6) is 0 Å². The summed E-state index contributed by atoms with van der Waals surface area (Å²) < 4.78 is 0. The first-order chi connectivity index (χ1) is 6.75. The van der Waals surface area contributed by atoms with Crippen molar-refractivity contribution in [3.8, 4) is 0 Å². The van der Waals surface area contributed by atoms with Gasteiger partial charge < -0.3 is 5.32 Å². The Bertz CT molecular complexity index is 311. The molecule has 14 heavy (non-hydrogen) atoms. The molecule has 1 aromatic rings. The first kappa shape index (κ1) is 9.72. The molecule has 76 valence electrons. The Balaban J connectivity index is 2.08. The molecule has 1 nitrogen and oxygen atoms in total. The maximum Gasteiger partial charge on any atom is 0.0108 e. The van der Waals surface area contributed by atoms with E-state index in [1.807, 2.05) is 0 Å². The molecule has 0 spiro atoms. The van der Waals surface area contributed by atoms with Gasteiger partial charge in [-0.15, -0.1) is 0 Å². The van der Waals surface area contributed by atoms with Gasteiger partial charge in [0.15, 0.2) is 0 Å². The van der Waals surface area contributed by atoms with Crippen molar-refractivity contribution < 1.29 is 0 Å². The van der Waals surface area contributed by atoms with Crippen LogP contribution in [0.4, 0.5) is 0 Å². The van der Waals surface area contributed by atoms with Crippen LogP contribution in [0.15, 0.2) is 18.2 Å². The van der Waals surface area contributed by atoms with E-state index in [2.05, 4.69) is 37.4 Å². The minimum absolute atomic E-state index is 0.719. The molecule has 0 unspecified atom stereocenters. The molecule has 1 N–H and O–H groups in total. The molecule has 2 rings (SSSR count). The molecular formula is C13H19N. The zero-order valence-corrected chi connectivity index (χ0v) is 9.14. The van der Waals surface area contributed by atoms with Crippen LogP contribution in [0.25, 0.3) is 0 Å². The summed E-state index contributed by atoms with van der Waals surface area (Å²) in [7, 11) is 0. The van der Waals surface area contributed by atoms with Crippen LogP contribution in [-0.4, -0.2) is 12.6 Å². The maximum atomic E-state index is 3.55. The van der Waals surface area contributed by atoms with Gasteiger partial charge in [0.1, 0.15) is 0 Å². The highest BCUT2D eigenvalue weighted by Gasteiger charge is 2.14. The second-order valence-corrected chi connectivity index (χ2v) is 4.43. The molecule has 1 atom stereocenters. The Kier molecular flexibility index (Phi) is 2.87. The van der Waals surface area contributed by atoms with Crippen LogP contribution in [0.2, 0.25) is 0 Å². The maximum absolute atomic E-state index is 3.55. The fourth-order valence-corrected chi connectivity index (χ4v) is 2.27. The van der Waals surface area contributed by atoms with Crippen molar-refractivity contribution in [2.45, 2.75) is 39.2 Å². The Morgan fingerprint density at radius 1 is 1.36 bits per heavy atom. The van der Waals surface area contributed by atoms with E-state index in [4.69, 9.17) is 0 Å². The summed E-state index contributed by atoms with van der Waals surface area (Å²) in [6, 6.07) is 7.50. The van der Waals surface area contributed by atoms with Gasteiger partial charge >= 0.3 is 0 Å². The lowest BCUT2D eigenvalue weighted by molar-refractivity contribution is 0.601. The van der Waals surface area contributed by atoms with Gasteiger partial charge in [-0.1, -0.05) is 23.8 Å². The number of aryl methyl sites for hydroxylation is 2. The third-order valence-corrected chi connectivity index (χ3v) is 3.13. The third-order valence-electron chi connectivity index (χ3n) is 3.13. The number of rotatable bonds is 2. The van der Waals surface area contributed by atoms with E-state index < -0.39 is 0 Å². The molecule has 1 aliphatic heterocycles. The predicted molar refractivity (Wildman–Crippen MR) is 60.6 cm³/mol. The molecule has 0 saturated carbocycles. The summed E-state index contributed by atoms with van der Waals surface area (Å²) in [5.74, 6) is 0. The molecule has 1 aromatic carbocycles. The molecular weight excluding hydrogens is 170 g/mol. The number of hydrogen-bond donors (Lipinski definition) is 1. The van der Waals surface area contributed by atoms with E-state index in [9.17, 15) is 0 Å². The Morgan fingerprint density at radius 3 is 2.86 bits per heavy atom. The molecule has 0 aromatic heterocycles. The lowest BCUT2D eigenvalue weighted by Gasteiger charge is -2.12. The molecule has 1 fully saturated rings. The normalized spacial score (nSPS) is 21.4. The topological polar surface area (TPSA) is 12.0 Å². The quantitative estimate of drug-likeness (QED) is 0.754. The molecule has 0 amide bonds. The van der Waals surface area contributed by atoms with E-state index in [1.54, 1.807) is 0 Å². The predicted octanol–water partition coefficient (Wildman–Crippen LogP) is 2.60. The summed E-state index contributed by atoms with van der Waals surface area (Å²) in [6.45, 7) is 5.58. The Morgan fingerprint density at radius 2 is 2.21 bits per heavy atom. The minimum atomic E-state index is 0.719. The Hall–Kier alpha value is -0.820. The van der Waals surface area contributed by atoms with Gasteiger partial charge in [0.05, 0.1) is 0 Å². The third kappa shape index (κ3) is 2.16. The molecule has 1 aliphatic rings. The molecule has 1 heterocycles. The first-order valence-corrected chi connectivity index (χ1v) is 5.55. The van der Waals surface area contributed by atoms with Gasteiger partial charge in [0.2, 0.25) is 0 Å². The average Bonchev–Trinajstić information content (AvgIpc) is 2.62. The molecule has 1 saturated heterocycles. The number of nitrogens with one attached hydrogen (secondary N) is 1. The summed E-state index contributed by atoms with van der Waals surface area (Å²) in [6.07, 6.45) is 3.88. The lowest BCUT2D eigenvalue weighted by atomic mass is 9.99. The van der Waals surface area contributed by atoms with Gasteiger partial charge in [0.25, 0.3) is 0 Å². The van der Waals surface area contributed by atoms with E-state index in [-0.39, 0.29) is 0 Å². The monoisotopic (exact) mass is 189 g/mol. The van der Waals surface area contributed by atoms with Gasteiger partial charge in [-0.05, 0) is 50.8 Å². The summed E-state index contributed by atoms with van der Waals surface area (Å²) >= 11 is 0. The van der Waals surface area contributed by atoms with Crippen molar-refractivity contribution >= 4 is 0 Å². The van der Waals surface area contributed by atoms with Gasteiger partial charge in [0, 0.05) is 6.04 Å². The second kappa shape index (κ2) is 4.14. The number of hydrogen-bond acceptors (Lipinski definition) is 1. The minimum Gasteiger partial charge on any atom is -0.314 e. The van der Waals surface area contributed by atoms with Crippen LogP contribution in [0.3, 0.4) is 0 Å². The van der Waals surface area contributed by atoms with E-state index in [0.717, 1.165) is 6.04 Å². The van der Waals surface area contributed by atoms with E-state index in [0.29, 0.717) is 0 Å². The van der Waals surface area contributed by atoms with Crippen LogP contribution in [0, 0.1) is 13.8 Å². The molecule has 0 aliphatic carbocycles. The van der Waals surface area contributed by atoms with Crippen molar-refractivity contribution in [3.05, 3.63) is 34.9 Å². The molecule has 1 heteroatoms. The van der Waals surface area contributed by atoms with Crippen molar-refractivity contribution in [1.82, 2.24) is 5.32 Å². The lowest BCUT2D eigenvalue weighted by Crippen LogP contribution is -2.23. The zero-order chi connectivity index (χ0) is 9.97. The van der Waals surface area contributed by atoms with Gasteiger partial charge in [-0.25, -0.2) is 0 Å². The molecule has 0 bridgehead atoms. The first-order valence-electron chi connectivity index (χ1n) is 5.55. The van der Waals surface area contributed by atoms with E-state index >= 15 is 0 Å². The van der Waals surface area contributed by atoms with Crippen molar-refractivity contribution in [2.24, 2.45) is 0 Å². The highest BCUT2D eigenvalue weighted by atomic mass is 14.9. The number of benzene rings is 1. The smallest absolute Gasteiger partial charge is 0.0108 e. The highest BCUT2D eigenvalue weighted by molar-refractivity contribution is 5.31. The molecule has 0 radical (unpaired) electrons. The SMILES string of the molecule is Cc1ccc(C[C@@H]2CCCN2)c(C)c1. The largest absolute Gasteiger partial charge is 0.314 e. The van der Waals surface area contributed by atoms with Crippen molar-refractivity contribution in [3.63, 3.8) is 0 Å². The average molecular weight is 189 g/mol. The van der Waals surface area contributed by atoms with Crippen molar-refractivity contribution in [2.75, 3.05) is 6.54 Å². The summed E-state index contributed by atoms with van der Waals surface area (Å²) in [5.41, 5.74) is 4.32. The van der Waals surface area contributed by atoms with Crippen LogP contribution >= 0.6 is 0 Å². The fraction of sp³-hybridized carbons (Fsp3) is 0.538. The highest BCUT2D eigenvalue weighted by Crippen LogP contribution is 2.16. The fourth-order valence-electron chi connectivity index (χ4n) is 2.27. The van der Waals surface area contributed by atoms with Crippen LogP contribution in [0.1, 0.15) is 29.5 Å². The van der Waals surface area contributed by atoms with Crippen molar-refractivity contribution in [1.29, 1.82) is 0 Å². The summed E-state index contributed by atoms with van der Waals surface area (Å²) in [4.78, 5) is 0. The zero-order valence-electron chi connectivity index (χ0n) is 9.14. The van der Waals surface area contributed by atoms with E-state index in [1.165, 1.54) is 42.5 Å². The van der Waals surface area contributed by atoms with Gasteiger partial charge in [-0.2, -0.15) is 0 Å². The Labute approximate surface area is 86.5 Å². The van der Waals surface area contributed by atoms with Crippen LogP contribution < -0.4 is 5.32 Å².